The summed E-state index contributed by atoms with van der Waals surface area (Å²) in [5, 5.41) is 3.58. The van der Waals surface area contributed by atoms with Crippen LogP contribution >= 0.6 is 0 Å². The molecule has 2 rings (SSSR count). The number of hydrogen-bond donors (Lipinski definition) is 1. The van der Waals surface area contributed by atoms with Crippen molar-refractivity contribution in [1.82, 2.24) is 15.2 Å². The van der Waals surface area contributed by atoms with E-state index in [1.54, 1.807) is 6.07 Å². The van der Waals surface area contributed by atoms with Crippen molar-refractivity contribution in [3.63, 3.8) is 0 Å². The second-order valence-electron chi connectivity index (χ2n) is 6.24. The molecule has 1 aliphatic rings. The lowest BCUT2D eigenvalue weighted by atomic mass is 10.1. The van der Waals surface area contributed by atoms with Crippen LogP contribution in [0.4, 0.5) is 4.39 Å². The minimum atomic E-state index is -0.271. The Labute approximate surface area is 127 Å². The average molecular weight is 293 g/mol. The van der Waals surface area contributed by atoms with Gasteiger partial charge >= 0.3 is 0 Å². The van der Waals surface area contributed by atoms with E-state index in [1.165, 1.54) is 51.2 Å². The zero-order valence-corrected chi connectivity index (χ0v) is 13.3. The highest BCUT2D eigenvalue weighted by molar-refractivity contribution is 5.09. The van der Waals surface area contributed by atoms with Gasteiger partial charge in [-0.25, -0.2) is 4.39 Å². The summed E-state index contributed by atoms with van der Waals surface area (Å²) < 4.78 is 12.9. The molecule has 1 aromatic rings. The fraction of sp³-hybridized carbons (Fsp3) is 0.706. The molecule has 1 fully saturated rings. The van der Waals surface area contributed by atoms with Gasteiger partial charge in [0.05, 0.1) is 11.9 Å². The Bertz CT molecular complexity index is 401. The van der Waals surface area contributed by atoms with E-state index in [0.29, 0.717) is 5.92 Å². The summed E-state index contributed by atoms with van der Waals surface area (Å²) in [6.07, 6.45) is 6.34. The quantitative estimate of drug-likeness (QED) is 0.835. The standard InChI is InChI=1S/C17H28FN3/c1-3-16(17-8-7-15(18)12-20-17)19-11-14(2)13-21-9-5-4-6-10-21/h7-8,12,14,16,19H,3-6,9-11,13H2,1-2H3. The molecule has 0 radical (unpaired) electrons. The van der Waals surface area contributed by atoms with E-state index in [2.05, 4.69) is 29.0 Å². The molecule has 1 N–H and O–H groups in total. The molecule has 0 saturated carbocycles. The first-order chi connectivity index (χ1) is 10.2. The van der Waals surface area contributed by atoms with E-state index < -0.39 is 0 Å². The highest BCUT2D eigenvalue weighted by Crippen LogP contribution is 2.15. The van der Waals surface area contributed by atoms with Crippen LogP contribution in [0.5, 0.6) is 0 Å². The fourth-order valence-electron chi connectivity index (χ4n) is 3.04. The Hall–Kier alpha value is -1.00. The number of pyridine rings is 1. The highest BCUT2D eigenvalue weighted by Gasteiger charge is 2.15. The molecule has 2 unspecified atom stereocenters. The third-order valence-corrected chi connectivity index (χ3v) is 4.25. The summed E-state index contributed by atoms with van der Waals surface area (Å²) in [4.78, 5) is 6.77. The van der Waals surface area contributed by atoms with Gasteiger partial charge in [-0.05, 0) is 56.9 Å². The van der Waals surface area contributed by atoms with Gasteiger partial charge in [0.15, 0.2) is 0 Å². The van der Waals surface area contributed by atoms with Gasteiger partial charge < -0.3 is 10.2 Å². The van der Waals surface area contributed by atoms with E-state index >= 15 is 0 Å². The number of rotatable bonds is 7. The molecule has 0 bridgehead atoms. The molecule has 1 aliphatic heterocycles. The Morgan fingerprint density at radius 2 is 2.05 bits per heavy atom. The number of nitrogens with one attached hydrogen (secondary N) is 1. The zero-order valence-electron chi connectivity index (χ0n) is 13.3. The summed E-state index contributed by atoms with van der Waals surface area (Å²) in [5.41, 5.74) is 0.934. The van der Waals surface area contributed by atoms with Crippen molar-refractivity contribution < 1.29 is 4.39 Å². The minimum Gasteiger partial charge on any atom is -0.308 e. The SMILES string of the molecule is CCC(NCC(C)CN1CCCCC1)c1ccc(F)cn1. The van der Waals surface area contributed by atoms with Gasteiger partial charge in [0.25, 0.3) is 0 Å². The van der Waals surface area contributed by atoms with Gasteiger partial charge in [0.2, 0.25) is 0 Å². The summed E-state index contributed by atoms with van der Waals surface area (Å²) in [6, 6.07) is 3.49. The van der Waals surface area contributed by atoms with Crippen molar-refractivity contribution in [2.45, 2.75) is 45.6 Å². The molecule has 4 heteroatoms. The Balaban J connectivity index is 1.77. The Morgan fingerprint density at radius 1 is 1.29 bits per heavy atom. The van der Waals surface area contributed by atoms with Crippen LogP contribution in [0.1, 0.15) is 51.3 Å². The molecule has 0 spiro atoms. The summed E-state index contributed by atoms with van der Waals surface area (Å²) >= 11 is 0. The lowest BCUT2D eigenvalue weighted by molar-refractivity contribution is 0.197. The maximum atomic E-state index is 12.9. The number of hydrogen-bond acceptors (Lipinski definition) is 3. The summed E-state index contributed by atoms with van der Waals surface area (Å²) in [5.74, 6) is 0.352. The average Bonchev–Trinajstić information content (AvgIpc) is 2.50. The van der Waals surface area contributed by atoms with Crippen LogP contribution in [0.3, 0.4) is 0 Å². The van der Waals surface area contributed by atoms with Crippen molar-refractivity contribution in [3.05, 3.63) is 29.8 Å². The van der Waals surface area contributed by atoms with Gasteiger partial charge in [0.1, 0.15) is 5.82 Å². The molecule has 1 aromatic heterocycles. The maximum Gasteiger partial charge on any atom is 0.141 e. The lowest BCUT2D eigenvalue weighted by Gasteiger charge is -2.29. The number of halogens is 1. The molecule has 2 atom stereocenters. The summed E-state index contributed by atoms with van der Waals surface area (Å²) in [6.45, 7) is 9.08. The molecule has 0 aromatic carbocycles. The lowest BCUT2D eigenvalue weighted by Crippen LogP contribution is -2.37. The van der Waals surface area contributed by atoms with E-state index in [0.717, 1.165) is 18.7 Å². The van der Waals surface area contributed by atoms with Crippen LogP contribution in [-0.2, 0) is 0 Å². The third-order valence-electron chi connectivity index (χ3n) is 4.25. The zero-order chi connectivity index (χ0) is 15.1. The Morgan fingerprint density at radius 3 is 2.67 bits per heavy atom. The third kappa shape index (κ3) is 5.36. The van der Waals surface area contributed by atoms with Gasteiger partial charge in [0, 0.05) is 12.6 Å². The molecule has 2 heterocycles. The molecule has 21 heavy (non-hydrogen) atoms. The largest absolute Gasteiger partial charge is 0.308 e. The van der Waals surface area contributed by atoms with Gasteiger partial charge in [-0.15, -0.1) is 0 Å². The van der Waals surface area contributed by atoms with E-state index in [-0.39, 0.29) is 11.9 Å². The number of piperidine rings is 1. The molecule has 1 saturated heterocycles. The van der Waals surface area contributed by atoms with E-state index in [9.17, 15) is 4.39 Å². The molecular weight excluding hydrogens is 265 g/mol. The van der Waals surface area contributed by atoms with Gasteiger partial charge in [-0.1, -0.05) is 20.3 Å². The molecule has 0 aliphatic carbocycles. The molecule has 0 amide bonds. The van der Waals surface area contributed by atoms with Crippen LogP contribution in [-0.4, -0.2) is 36.1 Å². The van der Waals surface area contributed by atoms with Crippen LogP contribution in [0, 0.1) is 11.7 Å². The fourth-order valence-corrected chi connectivity index (χ4v) is 3.04. The van der Waals surface area contributed by atoms with E-state index in [1.807, 2.05) is 0 Å². The monoisotopic (exact) mass is 293 g/mol. The predicted octanol–water partition coefficient (Wildman–Crippen LogP) is 3.38. The van der Waals surface area contributed by atoms with Gasteiger partial charge in [-0.3, -0.25) is 4.98 Å². The van der Waals surface area contributed by atoms with Crippen LogP contribution < -0.4 is 5.32 Å². The first-order valence-electron chi connectivity index (χ1n) is 8.26. The maximum absolute atomic E-state index is 12.9. The van der Waals surface area contributed by atoms with Crippen LogP contribution in [0.25, 0.3) is 0 Å². The van der Waals surface area contributed by atoms with Crippen molar-refractivity contribution in [2.75, 3.05) is 26.2 Å². The number of likely N-dealkylation sites (tertiary alicyclic amines) is 1. The Kier molecular flexibility index (Phi) is 6.58. The molecule has 3 nitrogen and oxygen atoms in total. The van der Waals surface area contributed by atoms with Gasteiger partial charge in [-0.2, -0.15) is 0 Å². The van der Waals surface area contributed by atoms with Crippen LogP contribution in [0.15, 0.2) is 18.3 Å². The van der Waals surface area contributed by atoms with Crippen molar-refractivity contribution >= 4 is 0 Å². The number of nitrogens with zero attached hydrogens (tertiary/aromatic N) is 2. The first kappa shape index (κ1) is 16.4. The van der Waals surface area contributed by atoms with Crippen LogP contribution in [0.2, 0.25) is 0 Å². The second kappa shape index (κ2) is 8.44. The topological polar surface area (TPSA) is 28.2 Å². The van der Waals surface area contributed by atoms with Crippen molar-refractivity contribution in [3.8, 4) is 0 Å². The predicted molar refractivity (Wildman–Crippen MR) is 84.7 cm³/mol. The smallest absolute Gasteiger partial charge is 0.141 e. The minimum absolute atomic E-state index is 0.217. The van der Waals surface area contributed by atoms with Crippen molar-refractivity contribution in [1.29, 1.82) is 0 Å². The van der Waals surface area contributed by atoms with E-state index in [4.69, 9.17) is 0 Å². The molecule has 118 valence electrons. The number of aromatic nitrogens is 1. The first-order valence-corrected chi connectivity index (χ1v) is 8.26. The highest BCUT2D eigenvalue weighted by atomic mass is 19.1. The summed E-state index contributed by atoms with van der Waals surface area (Å²) in [7, 11) is 0. The molecular formula is C17H28FN3. The normalized spacial score (nSPS) is 19.4. The second-order valence-corrected chi connectivity index (χ2v) is 6.24. The van der Waals surface area contributed by atoms with Crippen molar-refractivity contribution in [2.24, 2.45) is 5.92 Å².